The van der Waals surface area contributed by atoms with E-state index < -0.39 is 7.92 Å². The first-order valence-corrected chi connectivity index (χ1v) is 40.9. The highest BCUT2D eigenvalue weighted by Gasteiger charge is 2.38. The molecule has 9 aromatic rings. The lowest BCUT2D eigenvalue weighted by Crippen LogP contribution is -2.26. The number of hydrogen-bond donors (Lipinski definition) is 1. The molecule has 0 atom stereocenters. The van der Waals surface area contributed by atoms with Gasteiger partial charge in [0.05, 0.1) is 194 Å². The molecule has 21 heteroatoms. The summed E-state index contributed by atoms with van der Waals surface area (Å²) in [5, 5.41) is 7.58. The van der Waals surface area contributed by atoms with Crippen LogP contribution in [-0.4, -0.2) is 210 Å². The summed E-state index contributed by atoms with van der Waals surface area (Å²) in [6, 6.07) is 96.6. The van der Waals surface area contributed by atoms with Crippen LogP contribution in [0.2, 0.25) is 0 Å². The second kappa shape index (κ2) is 61.4. The molecule has 9 aromatic carbocycles. The maximum atomic E-state index is 8.16. The summed E-state index contributed by atoms with van der Waals surface area (Å²) in [5.41, 5.74) is 21.0. The second-order valence-electron chi connectivity index (χ2n) is 23.9. The Morgan fingerprint density at radius 1 is 0.255 bits per heavy atom. The van der Waals surface area contributed by atoms with Crippen molar-refractivity contribution in [3.63, 3.8) is 0 Å². The van der Waals surface area contributed by atoms with Crippen molar-refractivity contribution >= 4 is 47.4 Å². The first-order chi connectivity index (χ1) is 54.2. The molecule has 9 rings (SSSR count). The summed E-state index contributed by atoms with van der Waals surface area (Å²) in [6.07, 6.45) is 0. The van der Waals surface area contributed by atoms with E-state index in [2.05, 4.69) is 283 Å². The van der Waals surface area contributed by atoms with E-state index in [1.54, 1.807) is 0 Å². The van der Waals surface area contributed by atoms with Gasteiger partial charge in [-0.25, -0.2) is 0 Å². The van der Waals surface area contributed by atoms with Crippen LogP contribution in [0.5, 0.6) is 0 Å². The fourth-order valence-corrected chi connectivity index (χ4v) is 16.4. The lowest BCUT2D eigenvalue weighted by atomic mass is 9.84. The number of hydrogen-bond acceptors (Lipinski definition) is 18. The summed E-state index contributed by atoms with van der Waals surface area (Å²) in [5.74, 6) is 1.67. The lowest BCUT2D eigenvalue weighted by molar-refractivity contribution is -0.0198. The molecule has 2 N–H and O–H groups in total. The van der Waals surface area contributed by atoms with E-state index >= 15 is 0 Å². The molecule has 0 spiro atoms. The molecule has 0 fully saturated rings. The third kappa shape index (κ3) is 36.1. The standard InChI is InChI=1S/C35H47N3O7S.C35H49NO7S.C18H15P.CH4/c36-38-37-16-17-39-18-19-40-20-21-41-22-23-42-24-25-43-26-27-44-28-29-45-30-31-46-35(32-10-4-1-5-11-32,33-12-6-2-7-13-33)34-14-8-3-9-15-34;36-16-17-37-18-19-38-20-21-39-22-23-40-24-25-41-26-27-42-28-29-43-30-31-44-35(32-10-4-1-5-11-32,33-12-6-2-7-13-33)34-14-8-3-9-15-34;1-4-10-16(11-5-1)19(17-12-6-2-7-13-17)18-14-8-3-9-15-18;/h1-15H,16-31H2;1-15H,16-31,36H2;1-15H;1H4. The van der Waals surface area contributed by atoms with Gasteiger partial charge in [-0.1, -0.05) is 286 Å². The second-order valence-corrected chi connectivity index (χ2v) is 28.8. The zero-order valence-electron chi connectivity index (χ0n) is 63.0. The summed E-state index contributed by atoms with van der Waals surface area (Å²) < 4.78 is 76.9. The smallest absolute Gasteiger partial charge is 0.0907 e. The van der Waals surface area contributed by atoms with Crippen molar-refractivity contribution in [2.75, 3.05) is 210 Å². The maximum Gasteiger partial charge on any atom is 0.0907 e. The van der Waals surface area contributed by atoms with E-state index in [1.807, 2.05) is 23.5 Å². The minimum absolute atomic E-state index is 0. The Hall–Kier alpha value is -7.18. The number of ether oxygens (including phenoxy) is 14. The molecule has 0 bridgehead atoms. The zero-order valence-corrected chi connectivity index (χ0v) is 65.5. The lowest BCUT2D eigenvalue weighted by Gasteiger charge is -2.35. The Labute approximate surface area is 663 Å². The van der Waals surface area contributed by atoms with Crippen LogP contribution < -0.4 is 21.6 Å². The van der Waals surface area contributed by atoms with E-state index in [4.69, 9.17) is 77.6 Å². The Morgan fingerprint density at radius 3 is 0.618 bits per heavy atom. The summed E-state index contributed by atoms with van der Waals surface area (Å²) in [7, 11) is -0.446. The number of azide groups is 1. The third-order valence-electron chi connectivity index (χ3n) is 16.3. The highest BCUT2D eigenvalue weighted by molar-refractivity contribution is 8.00. The SMILES string of the molecule is C.NCCOCCOCCOCCOCCOCCOCCOCCSC(c1ccccc1)(c1ccccc1)c1ccccc1.[N-]=[N+]=NCCOCCOCCOCCOCCOCCOCCOCCSC(c1ccccc1)(c1ccccc1)c1ccccc1.c1ccc(P(c2ccccc2)c2ccccc2)cc1. The third-order valence-corrected chi connectivity index (χ3v) is 21.8. The van der Waals surface area contributed by atoms with Crippen molar-refractivity contribution in [1.82, 2.24) is 0 Å². The van der Waals surface area contributed by atoms with Gasteiger partial charge in [-0.3, -0.25) is 0 Å². The van der Waals surface area contributed by atoms with Crippen LogP contribution in [0.4, 0.5) is 0 Å². The van der Waals surface area contributed by atoms with Gasteiger partial charge in [-0.05, 0) is 62.7 Å². The molecule has 110 heavy (non-hydrogen) atoms. The molecule has 0 saturated carbocycles. The minimum atomic E-state index is -0.446. The van der Waals surface area contributed by atoms with Crippen LogP contribution in [0, 0.1) is 0 Å². The number of nitrogens with zero attached hydrogens (tertiary/aromatic N) is 3. The van der Waals surface area contributed by atoms with Crippen molar-refractivity contribution in [3.8, 4) is 0 Å². The van der Waals surface area contributed by atoms with Gasteiger partial charge < -0.3 is 72.0 Å². The molecule has 592 valence electrons. The number of benzene rings is 9. The molecule has 0 aliphatic carbocycles. The van der Waals surface area contributed by atoms with Crippen LogP contribution in [0.15, 0.2) is 278 Å². The number of thioether (sulfide) groups is 2. The average molecular weight is 1560 g/mol. The Balaban J connectivity index is 0.000000276. The largest absolute Gasteiger partial charge is 0.379 e. The Bertz CT molecular complexity index is 3340. The maximum absolute atomic E-state index is 8.16. The van der Waals surface area contributed by atoms with E-state index in [0.29, 0.717) is 198 Å². The zero-order chi connectivity index (χ0) is 75.9. The van der Waals surface area contributed by atoms with Crippen molar-refractivity contribution in [2.45, 2.75) is 16.9 Å². The van der Waals surface area contributed by atoms with Crippen molar-refractivity contribution < 1.29 is 66.3 Å². The highest BCUT2D eigenvalue weighted by Crippen LogP contribution is 2.50. The van der Waals surface area contributed by atoms with Crippen LogP contribution in [0.25, 0.3) is 10.4 Å². The monoisotopic (exact) mass is 1560 g/mol. The molecular formula is C89H115N4O14PS2. The molecule has 0 aromatic heterocycles. The normalized spacial score (nSPS) is 11.3. The van der Waals surface area contributed by atoms with Gasteiger partial charge in [-0.2, -0.15) is 0 Å². The molecule has 0 saturated heterocycles. The van der Waals surface area contributed by atoms with Crippen LogP contribution in [-0.2, 0) is 75.8 Å². The fraction of sp³-hybridized carbons (Fsp3) is 0.393. The van der Waals surface area contributed by atoms with Crippen molar-refractivity contribution in [3.05, 3.63) is 317 Å². The van der Waals surface area contributed by atoms with Crippen molar-refractivity contribution in [1.29, 1.82) is 0 Å². The van der Waals surface area contributed by atoms with Crippen LogP contribution in [0.3, 0.4) is 0 Å². The topological polar surface area (TPSA) is 204 Å². The first kappa shape index (κ1) is 91.7. The number of rotatable bonds is 58. The molecule has 0 unspecified atom stereocenters. The highest BCUT2D eigenvalue weighted by atomic mass is 32.2. The van der Waals surface area contributed by atoms with Crippen LogP contribution in [0.1, 0.15) is 40.8 Å². The van der Waals surface area contributed by atoms with Gasteiger partial charge in [0.25, 0.3) is 0 Å². The summed E-state index contributed by atoms with van der Waals surface area (Å²) >= 11 is 3.80. The van der Waals surface area contributed by atoms with Gasteiger partial charge in [0, 0.05) is 29.5 Å². The predicted octanol–water partition coefficient (Wildman–Crippen LogP) is 15.0. The van der Waals surface area contributed by atoms with E-state index in [1.165, 1.54) is 49.3 Å². The quantitative estimate of drug-likeness (QED) is 0.00940. The summed E-state index contributed by atoms with van der Waals surface area (Å²) in [4.78, 5) is 2.66. The molecule has 18 nitrogen and oxygen atoms in total. The molecule has 0 aliphatic rings. The predicted molar refractivity (Wildman–Crippen MR) is 450 cm³/mol. The van der Waals surface area contributed by atoms with Gasteiger partial charge in [-0.15, -0.1) is 23.5 Å². The molecule has 0 aliphatic heterocycles. The van der Waals surface area contributed by atoms with Gasteiger partial charge >= 0.3 is 0 Å². The molecule has 0 amide bonds. The van der Waals surface area contributed by atoms with Crippen molar-refractivity contribution in [2.24, 2.45) is 10.8 Å². The average Bonchev–Trinajstić information content (AvgIpc) is 0.767. The molecular weight excluding hydrogens is 1440 g/mol. The van der Waals surface area contributed by atoms with Gasteiger partial charge in [0.2, 0.25) is 0 Å². The fourth-order valence-electron chi connectivity index (χ4n) is 11.3. The summed E-state index contributed by atoms with van der Waals surface area (Å²) in [6.45, 7) is 15.5. The van der Waals surface area contributed by atoms with Gasteiger partial charge in [0.15, 0.2) is 0 Å². The molecule has 0 heterocycles. The first-order valence-electron chi connectivity index (χ1n) is 37.6. The van der Waals surface area contributed by atoms with Gasteiger partial charge in [0.1, 0.15) is 0 Å². The minimum Gasteiger partial charge on any atom is -0.379 e. The van der Waals surface area contributed by atoms with E-state index in [0.717, 1.165) is 11.5 Å². The van der Waals surface area contributed by atoms with Crippen LogP contribution >= 0.6 is 31.4 Å². The Kier molecular flexibility index (Phi) is 51.2. The Morgan fingerprint density at radius 2 is 0.427 bits per heavy atom. The van der Waals surface area contributed by atoms with E-state index in [9.17, 15) is 0 Å². The number of nitrogens with two attached hydrogens (primary N) is 1. The van der Waals surface area contributed by atoms with E-state index in [-0.39, 0.29) is 16.9 Å². The molecule has 0 radical (unpaired) electrons.